The van der Waals surface area contributed by atoms with Crippen molar-refractivity contribution in [1.29, 1.82) is 0 Å². The molecule has 0 heterocycles. The van der Waals surface area contributed by atoms with Gasteiger partial charge in [0.15, 0.2) is 0 Å². The molecule has 0 aliphatic heterocycles. The quantitative estimate of drug-likeness (QED) is 0.766. The minimum Gasteiger partial charge on any atom is -0.313 e. The molecular weight excluding hydrogens is 218 g/mol. The summed E-state index contributed by atoms with van der Waals surface area (Å²) < 4.78 is 0. The van der Waals surface area contributed by atoms with Crippen molar-refractivity contribution < 1.29 is 0 Å². The molecule has 102 valence electrons. The molecule has 1 aromatic carbocycles. The summed E-state index contributed by atoms with van der Waals surface area (Å²) in [7, 11) is 2.07. The Morgan fingerprint density at radius 1 is 1.06 bits per heavy atom. The third-order valence-electron chi connectivity index (χ3n) is 4.75. The molecule has 1 aromatic rings. The Labute approximate surface area is 113 Å². The number of hydrogen-bond acceptors (Lipinski definition) is 1. The Kier molecular flexibility index (Phi) is 4.61. The molecule has 0 radical (unpaired) electrons. The minimum atomic E-state index is 0.274. The average molecular weight is 247 g/mol. The van der Waals surface area contributed by atoms with Crippen LogP contribution in [0.2, 0.25) is 0 Å². The first-order valence-corrected chi connectivity index (χ1v) is 7.15. The molecule has 0 bridgehead atoms. The van der Waals surface area contributed by atoms with Crippen LogP contribution in [-0.4, -0.2) is 7.05 Å². The SMILES string of the molecule is CC.CNC1c2ccccc2CC(C)(C)C1(C)C. The first-order chi connectivity index (χ1) is 8.40. The topological polar surface area (TPSA) is 12.0 Å². The van der Waals surface area contributed by atoms with Crippen molar-refractivity contribution in [3.63, 3.8) is 0 Å². The monoisotopic (exact) mass is 247 g/mol. The number of rotatable bonds is 1. The maximum Gasteiger partial charge on any atom is 0.0377 e. The number of hydrogen-bond donors (Lipinski definition) is 1. The summed E-state index contributed by atoms with van der Waals surface area (Å²) in [5, 5.41) is 3.51. The molecule has 0 amide bonds. The van der Waals surface area contributed by atoms with Crippen molar-refractivity contribution in [2.24, 2.45) is 10.8 Å². The fourth-order valence-electron chi connectivity index (χ4n) is 2.98. The van der Waals surface area contributed by atoms with Crippen LogP contribution in [0.5, 0.6) is 0 Å². The van der Waals surface area contributed by atoms with Crippen LogP contribution in [0.25, 0.3) is 0 Å². The smallest absolute Gasteiger partial charge is 0.0377 e. The standard InChI is InChI=1S/C15H23N.C2H6/c1-14(2)10-11-8-6-7-9-12(11)13(16-5)15(14,3)4;1-2/h6-9,13,16H,10H2,1-5H3;1-2H3. The molecule has 1 N–H and O–H groups in total. The molecule has 0 saturated heterocycles. The molecular formula is C17H29N. The molecule has 2 rings (SSSR count). The second kappa shape index (κ2) is 5.44. The molecule has 1 atom stereocenters. The van der Waals surface area contributed by atoms with E-state index in [9.17, 15) is 0 Å². The maximum atomic E-state index is 3.51. The lowest BCUT2D eigenvalue weighted by molar-refractivity contribution is 0.0495. The van der Waals surface area contributed by atoms with Gasteiger partial charge in [-0.05, 0) is 35.4 Å². The van der Waals surface area contributed by atoms with Crippen molar-refractivity contribution in [2.45, 2.75) is 54.0 Å². The van der Waals surface area contributed by atoms with Gasteiger partial charge in [-0.1, -0.05) is 65.8 Å². The Hall–Kier alpha value is -0.820. The second-order valence-corrected chi connectivity index (χ2v) is 6.20. The molecule has 0 aromatic heterocycles. The van der Waals surface area contributed by atoms with Gasteiger partial charge in [-0.15, -0.1) is 0 Å². The average Bonchev–Trinajstić information content (AvgIpc) is 2.33. The second-order valence-electron chi connectivity index (χ2n) is 6.20. The highest BCUT2D eigenvalue weighted by Crippen LogP contribution is 2.53. The summed E-state index contributed by atoms with van der Waals surface area (Å²) in [6.45, 7) is 13.5. The number of nitrogens with one attached hydrogen (secondary N) is 1. The van der Waals surface area contributed by atoms with Gasteiger partial charge in [0.05, 0.1) is 0 Å². The molecule has 1 aliphatic carbocycles. The highest BCUT2D eigenvalue weighted by atomic mass is 14.9. The van der Waals surface area contributed by atoms with Gasteiger partial charge in [0.2, 0.25) is 0 Å². The maximum absolute atomic E-state index is 3.51. The Morgan fingerprint density at radius 2 is 1.61 bits per heavy atom. The third-order valence-corrected chi connectivity index (χ3v) is 4.75. The predicted octanol–water partition coefficient (Wildman–Crippen LogP) is 4.58. The number of fused-ring (bicyclic) bond motifs is 1. The highest BCUT2D eigenvalue weighted by molar-refractivity contribution is 5.36. The zero-order valence-electron chi connectivity index (χ0n) is 13.1. The molecule has 1 nitrogen and oxygen atoms in total. The molecule has 0 spiro atoms. The van der Waals surface area contributed by atoms with E-state index in [4.69, 9.17) is 0 Å². The van der Waals surface area contributed by atoms with E-state index in [1.807, 2.05) is 13.8 Å². The van der Waals surface area contributed by atoms with Crippen molar-refractivity contribution in [1.82, 2.24) is 5.32 Å². The third kappa shape index (κ3) is 2.33. The van der Waals surface area contributed by atoms with Crippen LogP contribution in [0.15, 0.2) is 24.3 Å². The number of benzene rings is 1. The summed E-state index contributed by atoms with van der Waals surface area (Å²) in [6, 6.07) is 9.30. The summed E-state index contributed by atoms with van der Waals surface area (Å²) in [6.07, 6.45) is 1.17. The van der Waals surface area contributed by atoms with E-state index < -0.39 is 0 Å². The fraction of sp³-hybridized carbons (Fsp3) is 0.647. The van der Waals surface area contributed by atoms with E-state index in [1.54, 1.807) is 0 Å². The zero-order chi connectivity index (χ0) is 14.0. The Morgan fingerprint density at radius 3 is 2.17 bits per heavy atom. The van der Waals surface area contributed by atoms with E-state index in [-0.39, 0.29) is 5.41 Å². The molecule has 1 unspecified atom stereocenters. The van der Waals surface area contributed by atoms with Gasteiger partial charge in [0.25, 0.3) is 0 Å². The summed E-state index contributed by atoms with van der Waals surface area (Å²) >= 11 is 0. The van der Waals surface area contributed by atoms with Crippen molar-refractivity contribution >= 4 is 0 Å². The summed E-state index contributed by atoms with van der Waals surface area (Å²) in [5.41, 5.74) is 3.59. The largest absolute Gasteiger partial charge is 0.313 e. The normalized spacial score (nSPS) is 23.6. The van der Waals surface area contributed by atoms with Crippen LogP contribution >= 0.6 is 0 Å². The van der Waals surface area contributed by atoms with E-state index >= 15 is 0 Å². The van der Waals surface area contributed by atoms with Gasteiger partial charge in [-0.25, -0.2) is 0 Å². The minimum absolute atomic E-state index is 0.274. The van der Waals surface area contributed by atoms with E-state index in [0.29, 0.717) is 11.5 Å². The van der Waals surface area contributed by atoms with E-state index in [1.165, 1.54) is 17.5 Å². The van der Waals surface area contributed by atoms with Gasteiger partial charge >= 0.3 is 0 Å². The molecule has 0 fully saturated rings. The van der Waals surface area contributed by atoms with E-state index in [2.05, 4.69) is 64.3 Å². The van der Waals surface area contributed by atoms with Crippen LogP contribution in [-0.2, 0) is 6.42 Å². The zero-order valence-corrected chi connectivity index (χ0v) is 13.1. The Balaban J connectivity index is 0.000000771. The van der Waals surface area contributed by atoms with Crippen LogP contribution in [0, 0.1) is 10.8 Å². The van der Waals surface area contributed by atoms with Crippen LogP contribution in [0.3, 0.4) is 0 Å². The first kappa shape index (κ1) is 15.2. The predicted molar refractivity (Wildman–Crippen MR) is 80.9 cm³/mol. The van der Waals surface area contributed by atoms with E-state index in [0.717, 1.165) is 0 Å². The lowest BCUT2D eigenvalue weighted by Gasteiger charge is -2.51. The van der Waals surface area contributed by atoms with Crippen LogP contribution < -0.4 is 5.32 Å². The van der Waals surface area contributed by atoms with Crippen LogP contribution in [0.1, 0.15) is 58.7 Å². The first-order valence-electron chi connectivity index (χ1n) is 7.15. The summed E-state index contributed by atoms with van der Waals surface area (Å²) in [4.78, 5) is 0. The van der Waals surface area contributed by atoms with Crippen molar-refractivity contribution in [3.05, 3.63) is 35.4 Å². The lowest BCUT2D eigenvalue weighted by Crippen LogP contribution is -2.47. The highest BCUT2D eigenvalue weighted by Gasteiger charge is 2.47. The molecule has 18 heavy (non-hydrogen) atoms. The van der Waals surface area contributed by atoms with Gasteiger partial charge in [-0.2, -0.15) is 0 Å². The van der Waals surface area contributed by atoms with Gasteiger partial charge < -0.3 is 5.32 Å². The van der Waals surface area contributed by atoms with Crippen molar-refractivity contribution in [2.75, 3.05) is 7.05 Å². The summed E-state index contributed by atoms with van der Waals surface area (Å²) in [5.74, 6) is 0. The molecule has 1 aliphatic rings. The van der Waals surface area contributed by atoms with Gasteiger partial charge in [0, 0.05) is 6.04 Å². The Bertz CT molecular complexity index is 390. The van der Waals surface area contributed by atoms with Crippen LogP contribution in [0.4, 0.5) is 0 Å². The lowest BCUT2D eigenvalue weighted by atomic mass is 9.56. The molecule has 1 heteroatoms. The van der Waals surface area contributed by atoms with Gasteiger partial charge in [0.1, 0.15) is 0 Å². The molecule has 0 saturated carbocycles. The van der Waals surface area contributed by atoms with Gasteiger partial charge in [-0.3, -0.25) is 0 Å². The fourth-order valence-corrected chi connectivity index (χ4v) is 2.98. The van der Waals surface area contributed by atoms with Crippen molar-refractivity contribution in [3.8, 4) is 0 Å².